The predicted octanol–water partition coefficient (Wildman–Crippen LogP) is 3.45. The average Bonchev–Trinajstić information content (AvgIpc) is 2.84. The number of carboxylic acid groups (broad SMARTS) is 1. The van der Waals surface area contributed by atoms with E-state index in [0.717, 1.165) is 24.0 Å². The Kier molecular flexibility index (Phi) is 7.28. The number of rotatable bonds is 8. The zero-order chi connectivity index (χ0) is 17.5. The van der Waals surface area contributed by atoms with Crippen molar-refractivity contribution in [2.45, 2.75) is 56.1 Å². The van der Waals surface area contributed by atoms with Crippen molar-refractivity contribution in [3.05, 3.63) is 47.5 Å². The molecule has 0 amide bonds. The summed E-state index contributed by atoms with van der Waals surface area (Å²) >= 11 is 6.45. The molecule has 1 saturated carbocycles. The first-order valence-corrected chi connectivity index (χ1v) is 8.85. The molecule has 5 heteroatoms. The molecule has 1 aliphatic carbocycles. The molecule has 0 saturated heterocycles. The molecular weight excluding hydrogens is 328 g/mol. The average molecular weight is 353 g/mol. The van der Waals surface area contributed by atoms with Gasteiger partial charge >= 0.3 is 5.97 Å². The van der Waals surface area contributed by atoms with Gasteiger partial charge in [0, 0.05) is 17.7 Å². The molecule has 1 aliphatic rings. The molecule has 132 valence electrons. The van der Waals surface area contributed by atoms with E-state index >= 15 is 0 Å². The number of aliphatic hydroxyl groups is 2. The standard InChI is InChI=1S/C19H25ClO4/c20-16-11-17(22)19(14-9-7-13(12-21)8-10-14)15(16)5-3-1-2-4-6-18(23)24/h1,3,7-10,15-17,19,21-22H,2,4-6,11-12H2,(H,23,24)/b3-1-/t15-,16+,17+,19+/m0/s1. The minimum absolute atomic E-state index is 0.00808. The SMILES string of the molecule is O=C(O)CCC/C=C\C[C@@H]1[C@@H](c2ccc(CO)cc2)[C@H](O)C[C@H]1Cl. The van der Waals surface area contributed by atoms with Crippen LogP contribution in [0.25, 0.3) is 0 Å². The van der Waals surface area contributed by atoms with E-state index in [9.17, 15) is 9.90 Å². The minimum Gasteiger partial charge on any atom is -0.481 e. The van der Waals surface area contributed by atoms with E-state index in [2.05, 4.69) is 6.08 Å². The van der Waals surface area contributed by atoms with Gasteiger partial charge in [-0.1, -0.05) is 36.4 Å². The summed E-state index contributed by atoms with van der Waals surface area (Å²) in [5.74, 6) is -0.629. The Morgan fingerprint density at radius 1 is 1.25 bits per heavy atom. The molecule has 1 aromatic carbocycles. The van der Waals surface area contributed by atoms with Crippen LogP contribution in [-0.4, -0.2) is 32.8 Å². The van der Waals surface area contributed by atoms with Crippen LogP contribution in [0.5, 0.6) is 0 Å². The molecule has 0 unspecified atom stereocenters. The normalized spacial score (nSPS) is 27.0. The summed E-state index contributed by atoms with van der Waals surface area (Å²) in [4.78, 5) is 10.5. The lowest BCUT2D eigenvalue weighted by Crippen LogP contribution is -2.18. The molecular formula is C19H25ClO4. The van der Waals surface area contributed by atoms with E-state index in [1.165, 1.54) is 0 Å². The van der Waals surface area contributed by atoms with Crippen molar-refractivity contribution in [2.75, 3.05) is 0 Å². The summed E-state index contributed by atoms with van der Waals surface area (Å²) in [6, 6.07) is 7.67. The zero-order valence-corrected chi connectivity index (χ0v) is 14.4. The van der Waals surface area contributed by atoms with E-state index in [0.29, 0.717) is 12.8 Å². The fourth-order valence-corrected chi connectivity index (χ4v) is 3.86. The van der Waals surface area contributed by atoms with Gasteiger partial charge in [0.2, 0.25) is 0 Å². The van der Waals surface area contributed by atoms with Crippen LogP contribution >= 0.6 is 11.6 Å². The van der Waals surface area contributed by atoms with Crippen LogP contribution in [0.4, 0.5) is 0 Å². The van der Waals surface area contributed by atoms with Crippen LogP contribution in [0.15, 0.2) is 36.4 Å². The molecule has 0 radical (unpaired) electrons. The highest BCUT2D eigenvalue weighted by Gasteiger charge is 2.41. The third-order valence-corrected chi connectivity index (χ3v) is 5.19. The van der Waals surface area contributed by atoms with Crippen LogP contribution < -0.4 is 0 Å². The Hall–Kier alpha value is -1.36. The Morgan fingerprint density at radius 3 is 2.58 bits per heavy atom. The monoisotopic (exact) mass is 352 g/mol. The topological polar surface area (TPSA) is 77.8 Å². The fraction of sp³-hybridized carbons (Fsp3) is 0.526. The van der Waals surface area contributed by atoms with Crippen molar-refractivity contribution in [2.24, 2.45) is 5.92 Å². The van der Waals surface area contributed by atoms with E-state index in [1.54, 1.807) is 0 Å². The number of unbranched alkanes of at least 4 members (excludes halogenated alkanes) is 1. The maximum atomic E-state index is 10.5. The highest BCUT2D eigenvalue weighted by molar-refractivity contribution is 6.21. The van der Waals surface area contributed by atoms with Crippen molar-refractivity contribution in [1.82, 2.24) is 0 Å². The van der Waals surface area contributed by atoms with Gasteiger partial charge in [-0.05, 0) is 42.7 Å². The summed E-state index contributed by atoms with van der Waals surface area (Å²) in [7, 11) is 0. The number of carbonyl (C=O) groups is 1. The number of hydrogen-bond acceptors (Lipinski definition) is 3. The number of benzene rings is 1. The van der Waals surface area contributed by atoms with E-state index < -0.39 is 12.1 Å². The van der Waals surface area contributed by atoms with Crippen molar-refractivity contribution < 1.29 is 20.1 Å². The molecule has 0 bridgehead atoms. The molecule has 24 heavy (non-hydrogen) atoms. The second kappa shape index (κ2) is 9.21. The van der Waals surface area contributed by atoms with E-state index in [1.807, 2.05) is 30.3 Å². The van der Waals surface area contributed by atoms with E-state index in [-0.39, 0.29) is 30.2 Å². The molecule has 1 fully saturated rings. The second-order valence-electron chi connectivity index (χ2n) is 6.40. The lowest BCUT2D eigenvalue weighted by Gasteiger charge is -2.23. The maximum Gasteiger partial charge on any atom is 0.303 e. The number of aliphatic hydroxyl groups excluding tert-OH is 2. The van der Waals surface area contributed by atoms with Crippen LogP contribution in [0.3, 0.4) is 0 Å². The summed E-state index contributed by atoms with van der Waals surface area (Å²) in [6.45, 7) is 0.00808. The quantitative estimate of drug-likeness (QED) is 0.380. The van der Waals surface area contributed by atoms with Crippen molar-refractivity contribution in [3.63, 3.8) is 0 Å². The first-order valence-electron chi connectivity index (χ1n) is 8.41. The number of carboxylic acids is 1. The van der Waals surface area contributed by atoms with Crippen LogP contribution in [0.2, 0.25) is 0 Å². The van der Waals surface area contributed by atoms with Crippen molar-refractivity contribution >= 4 is 17.6 Å². The van der Waals surface area contributed by atoms with Gasteiger partial charge in [-0.2, -0.15) is 0 Å². The summed E-state index contributed by atoms with van der Waals surface area (Å²) in [5, 5.41) is 28.1. The number of alkyl halides is 1. The van der Waals surface area contributed by atoms with Gasteiger partial charge in [-0.25, -0.2) is 0 Å². The molecule has 0 aromatic heterocycles. The van der Waals surface area contributed by atoms with E-state index in [4.69, 9.17) is 21.8 Å². The highest BCUT2D eigenvalue weighted by Crippen LogP contribution is 2.44. The van der Waals surface area contributed by atoms with Crippen molar-refractivity contribution in [1.29, 1.82) is 0 Å². The molecule has 0 spiro atoms. The summed E-state index contributed by atoms with van der Waals surface area (Å²) in [6.07, 6.45) is 6.50. The van der Waals surface area contributed by atoms with Gasteiger partial charge in [0.05, 0.1) is 12.7 Å². The van der Waals surface area contributed by atoms with Gasteiger partial charge in [0.1, 0.15) is 0 Å². The maximum absolute atomic E-state index is 10.5. The molecule has 2 rings (SSSR count). The molecule has 0 aliphatic heterocycles. The van der Waals surface area contributed by atoms with Gasteiger partial charge in [0.15, 0.2) is 0 Å². The van der Waals surface area contributed by atoms with Crippen LogP contribution in [0, 0.1) is 5.92 Å². The molecule has 4 atom stereocenters. The number of allylic oxidation sites excluding steroid dienone is 2. The Morgan fingerprint density at radius 2 is 1.96 bits per heavy atom. The van der Waals surface area contributed by atoms with Gasteiger partial charge in [0.25, 0.3) is 0 Å². The molecule has 1 aromatic rings. The molecule has 3 N–H and O–H groups in total. The summed E-state index contributed by atoms with van der Waals surface area (Å²) < 4.78 is 0. The minimum atomic E-state index is -0.769. The number of aliphatic carboxylic acids is 1. The molecule has 4 nitrogen and oxygen atoms in total. The second-order valence-corrected chi connectivity index (χ2v) is 6.96. The lowest BCUT2D eigenvalue weighted by molar-refractivity contribution is -0.137. The number of halogens is 1. The Balaban J connectivity index is 1.97. The number of hydrogen-bond donors (Lipinski definition) is 3. The smallest absolute Gasteiger partial charge is 0.303 e. The largest absolute Gasteiger partial charge is 0.481 e. The Labute approximate surface area is 147 Å². The first-order chi connectivity index (χ1) is 11.5. The zero-order valence-electron chi connectivity index (χ0n) is 13.6. The van der Waals surface area contributed by atoms with Crippen LogP contribution in [0.1, 0.15) is 49.1 Å². The van der Waals surface area contributed by atoms with Gasteiger partial charge in [-0.3, -0.25) is 4.79 Å². The Bertz CT molecular complexity index is 555. The van der Waals surface area contributed by atoms with Gasteiger partial charge < -0.3 is 15.3 Å². The fourth-order valence-electron chi connectivity index (χ4n) is 3.41. The van der Waals surface area contributed by atoms with Crippen molar-refractivity contribution in [3.8, 4) is 0 Å². The predicted molar refractivity (Wildman–Crippen MR) is 94.1 cm³/mol. The first kappa shape index (κ1) is 19.0. The third kappa shape index (κ3) is 5.07. The van der Waals surface area contributed by atoms with Gasteiger partial charge in [-0.15, -0.1) is 11.6 Å². The molecule has 0 heterocycles. The lowest BCUT2D eigenvalue weighted by atomic mass is 9.85. The highest BCUT2D eigenvalue weighted by atomic mass is 35.5. The summed E-state index contributed by atoms with van der Waals surface area (Å²) in [5.41, 5.74) is 1.90. The third-order valence-electron chi connectivity index (χ3n) is 4.69. The van der Waals surface area contributed by atoms with Crippen LogP contribution in [-0.2, 0) is 11.4 Å².